The van der Waals surface area contributed by atoms with Crippen LogP contribution in [0.3, 0.4) is 0 Å². The number of carbonyl (C=O) groups is 1. The summed E-state index contributed by atoms with van der Waals surface area (Å²) in [4.78, 5) is 24.5. The van der Waals surface area contributed by atoms with Gasteiger partial charge in [0, 0.05) is 38.5 Å². The predicted molar refractivity (Wildman–Crippen MR) is 84.9 cm³/mol. The molecule has 0 aliphatic heterocycles. The monoisotopic (exact) mass is 299 g/mol. The van der Waals surface area contributed by atoms with Gasteiger partial charge < -0.3 is 10.2 Å². The molecule has 6 heteroatoms. The van der Waals surface area contributed by atoms with Crippen LogP contribution < -0.4 is 5.32 Å². The highest BCUT2D eigenvalue weighted by Gasteiger charge is 2.19. The number of rotatable bonds is 5. The third kappa shape index (κ3) is 3.41. The molecule has 0 aliphatic carbocycles. The molecule has 0 aliphatic rings. The van der Waals surface area contributed by atoms with E-state index in [1.165, 1.54) is 17.0 Å². The number of benzene rings is 2. The van der Waals surface area contributed by atoms with Gasteiger partial charge in [-0.3, -0.25) is 14.9 Å². The quantitative estimate of drug-likeness (QED) is 0.680. The van der Waals surface area contributed by atoms with Crippen molar-refractivity contribution in [2.45, 2.75) is 6.54 Å². The van der Waals surface area contributed by atoms with Crippen molar-refractivity contribution in [1.29, 1.82) is 0 Å². The number of nitrogens with zero attached hydrogens (tertiary/aromatic N) is 2. The molecule has 0 aromatic heterocycles. The summed E-state index contributed by atoms with van der Waals surface area (Å²) in [5, 5.41) is 13.8. The number of nitrogens with one attached hydrogen (secondary N) is 1. The van der Waals surface area contributed by atoms with Gasteiger partial charge in [-0.15, -0.1) is 0 Å². The molecule has 0 heterocycles. The van der Waals surface area contributed by atoms with E-state index in [2.05, 4.69) is 5.32 Å². The molecule has 2 aromatic rings. The Labute approximate surface area is 128 Å². The maximum atomic E-state index is 12.6. The molecule has 0 unspecified atom stereocenters. The van der Waals surface area contributed by atoms with Crippen molar-refractivity contribution in [2.75, 3.05) is 19.4 Å². The van der Waals surface area contributed by atoms with Crippen LogP contribution in [0.4, 0.5) is 11.4 Å². The van der Waals surface area contributed by atoms with Crippen LogP contribution in [-0.2, 0) is 6.54 Å². The van der Waals surface area contributed by atoms with Crippen LogP contribution in [0.2, 0.25) is 0 Å². The number of nitro benzene ring substituents is 1. The second-order valence-electron chi connectivity index (χ2n) is 4.88. The first-order valence-corrected chi connectivity index (χ1v) is 6.78. The van der Waals surface area contributed by atoms with E-state index in [4.69, 9.17) is 0 Å². The normalized spacial score (nSPS) is 10.1. The second kappa shape index (κ2) is 6.71. The molecule has 2 rings (SSSR count). The third-order valence-electron chi connectivity index (χ3n) is 3.32. The SMILES string of the molecule is CNc1ccc([N+](=O)[O-])cc1C(=O)N(C)Cc1ccccc1. The average Bonchev–Trinajstić information content (AvgIpc) is 2.54. The first-order valence-electron chi connectivity index (χ1n) is 6.78. The van der Waals surface area contributed by atoms with Gasteiger partial charge >= 0.3 is 0 Å². The molecule has 0 bridgehead atoms. The number of nitro groups is 1. The Morgan fingerprint density at radius 2 is 1.91 bits per heavy atom. The lowest BCUT2D eigenvalue weighted by atomic mass is 10.1. The molecule has 114 valence electrons. The Kier molecular flexibility index (Phi) is 4.73. The zero-order chi connectivity index (χ0) is 16.1. The predicted octanol–water partition coefficient (Wildman–Crippen LogP) is 2.91. The average molecular weight is 299 g/mol. The van der Waals surface area contributed by atoms with Gasteiger partial charge in [-0.1, -0.05) is 30.3 Å². The van der Waals surface area contributed by atoms with Crippen molar-refractivity contribution in [2.24, 2.45) is 0 Å². The molecule has 1 N–H and O–H groups in total. The number of non-ortho nitro benzene ring substituents is 1. The van der Waals surface area contributed by atoms with Crippen molar-refractivity contribution in [3.05, 3.63) is 69.8 Å². The van der Waals surface area contributed by atoms with Crippen LogP contribution >= 0.6 is 0 Å². The molecule has 0 radical (unpaired) electrons. The minimum Gasteiger partial charge on any atom is -0.387 e. The molecule has 2 aromatic carbocycles. The number of carbonyl (C=O) groups excluding carboxylic acids is 1. The molecule has 6 nitrogen and oxygen atoms in total. The summed E-state index contributed by atoms with van der Waals surface area (Å²) in [6.07, 6.45) is 0. The summed E-state index contributed by atoms with van der Waals surface area (Å²) < 4.78 is 0. The van der Waals surface area contributed by atoms with E-state index in [1.807, 2.05) is 30.3 Å². The Balaban J connectivity index is 2.27. The van der Waals surface area contributed by atoms with Crippen molar-refractivity contribution in [3.63, 3.8) is 0 Å². The Morgan fingerprint density at radius 1 is 1.23 bits per heavy atom. The molecule has 0 saturated carbocycles. The highest BCUT2D eigenvalue weighted by atomic mass is 16.6. The van der Waals surface area contributed by atoms with Gasteiger partial charge in [-0.05, 0) is 11.6 Å². The van der Waals surface area contributed by atoms with E-state index in [9.17, 15) is 14.9 Å². The summed E-state index contributed by atoms with van der Waals surface area (Å²) >= 11 is 0. The van der Waals surface area contributed by atoms with Gasteiger partial charge in [0.2, 0.25) is 0 Å². The third-order valence-corrected chi connectivity index (χ3v) is 3.32. The Hall–Kier alpha value is -2.89. The topological polar surface area (TPSA) is 75.5 Å². The van der Waals surface area contributed by atoms with Crippen LogP contribution in [0, 0.1) is 10.1 Å². The van der Waals surface area contributed by atoms with Gasteiger partial charge in [0.25, 0.3) is 11.6 Å². The molecule has 0 fully saturated rings. The van der Waals surface area contributed by atoms with Crippen LogP contribution in [0.1, 0.15) is 15.9 Å². The van der Waals surface area contributed by atoms with Gasteiger partial charge in [0.1, 0.15) is 0 Å². The van der Waals surface area contributed by atoms with Crippen molar-refractivity contribution in [1.82, 2.24) is 4.90 Å². The molecular weight excluding hydrogens is 282 g/mol. The van der Waals surface area contributed by atoms with Crippen molar-refractivity contribution in [3.8, 4) is 0 Å². The summed E-state index contributed by atoms with van der Waals surface area (Å²) in [6, 6.07) is 13.8. The second-order valence-corrected chi connectivity index (χ2v) is 4.88. The van der Waals surface area contributed by atoms with E-state index in [0.717, 1.165) is 5.56 Å². The Morgan fingerprint density at radius 3 is 2.50 bits per heavy atom. The number of amides is 1. The number of hydrogen-bond donors (Lipinski definition) is 1. The smallest absolute Gasteiger partial charge is 0.270 e. The summed E-state index contributed by atoms with van der Waals surface area (Å²) in [7, 11) is 3.35. The lowest BCUT2D eigenvalue weighted by molar-refractivity contribution is -0.384. The first-order chi connectivity index (χ1) is 10.5. The number of hydrogen-bond acceptors (Lipinski definition) is 4. The van der Waals surface area contributed by atoms with E-state index in [0.29, 0.717) is 12.2 Å². The standard InChI is InChI=1S/C16H17N3O3/c1-17-15-9-8-13(19(21)22)10-14(15)16(20)18(2)11-12-6-4-3-5-7-12/h3-10,17H,11H2,1-2H3. The van der Waals surface area contributed by atoms with E-state index >= 15 is 0 Å². The summed E-state index contributed by atoms with van der Waals surface area (Å²) in [5.41, 5.74) is 1.75. The molecule has 0 saturated heterocycles. The molecule has 0 spiro atoms. The van der Waals surface area contributed by atoms with E-state index < -0.39 is 4.92 Å². The van der Waals surface area contributed by atoms with E-state index in [1.54, 1.807) is 20.2 Å². The summed E-state index contributed by atoms with van der Waals surface area (Å²) in [6.45, 7) is 0.436. The maximum Gasteiger partial charge on any atom is 0.270 e. The first kappa shape index (κ1) is 15.5. The summed E-state index contributed by atoms with van der Waals surface area (Å²) in [5.74, 6) is -0.267. The van der Waals surface area contributed by atoms with Gasteiger partial charge in [0.05, 0.1) is 10.5 Å². The van der Waals surface area contributed by atoms with Crippen molar-refractivity contribution >= 4 is 17.3 Å². The minimum atomic E-state index is -0.507. The zero-order valence-electron chi connectivity index (χ0n) is 12.4. The van der Waals surface area contributed by atoms with Crippen LogP contribution in [0.5, 0.6) is 0 Å². The minimum absolute atomic E-state index is 0.101. The highest BCUT2D eigenvalue weighted by molar-refractivity contribution is 6.00. The fourth-order valence-corrected chi connectivity index (χ4v) is 2.18. The fraction of sp³-hybridized carbons (Fsp3) is 0.188. The molecule has 0 atom stereocenters. The Bertz CT molecular complexity index is 686. The van der Waals surface area contributed by atoms with Crippen LogP contribution in [0.15, 0.2) is 48.5 Å². The highest BCUT2D eigenvalue weighted by Crippen LogP contribution is 2.23. The van der Waals surface area contributed by atoms with Gasteiger partial charge in [0.15, 0.2) is 0 Å². The largest absolute Gasteiger partial charge is 0.387 e. The van der Waals surface area contributed by atoms with Crippen molar-refractivity contribution < 1.29 is 9.72 Å². The fourth-order valence-electron chi connectivity index (χ4n) is 2.18. The number of anilines is 1. The lowest BCUT2D eigenvalue weighted by Crippen LogP contribution is -2.27. The van der Waals surface area contributed by atoms with Gasteiger partial charge in [-0.25, -0.2) is 0 Å². The molecule has 22 heavy (non-hydrogen) atoms. The molecule has 1 amide bonds. The van der Waals surface area contributed by atoms with Crippen LogP contribution in [0.25, 0.3) is 0 Å². The lowest BCUT2D eigenvalue weighted by Gasteiger charge is -2.19. The molecular formula is C16H17N3O3. The van der Waals surface area contributed by atoms with Crippen LogP contribution in [-0.4, -0.2) is 29.8 Å². The van der Waals surface area contributed by atoms with E-state index in [-0.39, 0.29) is 17.2 Å². The van der Waals surface area contributed by atoms with Gasteiger partial charge in [-0.2, -0.15) is 0 Å². The zero-order valence-corrected chi connectivity index (χ0v) is 12.4. The maximum absolute atomic E-state index is 12.6.